The predicted molar refractivity (Wildman–Crippen MR) is 76.4 cm³/mol. The fourth-order valence-corrected chi connectivity index (χ4v) is 2.88. The van der Waals surface area contributed by atoms with Crippen molar-refractivity contribution in [3.63, 3.8) is 0 Å². The largest absolute Gasteiger partial charge is 0.296 e. The zero-order valence-electron chi connectivity index (χ0n) is 11.7. The van der Waals surface area contributed by atoms with Crippen molar-refractivity contribution in [3.8, 4) is 0 Å². The number of nitrogens with one attached hydrogen (secondary N) is 1. The Kier molecular flexibility index (Phi) is 4.56. The van der Waals surface area contributed by atoms with Crippen LogP contribution in [0.15, 0.2) is 24.3 Å². The van der Waals surface area contributed by atoms with Gasteiger partial charge in [-0.3, -0.25) is 15.1 Å². The van der Waals surface area contributed by atoms with Gasteiger partial charge in [0.05, 0.1) is 0 Å². The molecule has 0 bridgehead atoms. The van der Waals surface area contributed by atoms with Crippen LogP contribution in [0.25, 0.3) is 0 Å². The van der Waals surface area contributed by atoms with Crippen molar-refractivity contribution in [2.24, 2.45) is 11.8 Å². The maximum atomic E-state index is 11.4. The highest BCUT2D eigenvalue weighted by molar-refractivity contribution is 5.93. The smallest absolute Gasteiger partial charge is 0.265 e. The minimum atomic E-state index is -0.243. The van der Waals surface area contributed by atoms with Crippen LogP contribution in [0.2, 0.25) is 0 Å². The van der Waals surface area contributed by atoms with E-state index in [1.165, 1.54) is 24.9 Å². The first kappa shape index (κ1) is 14.0. The number of carbonyl (C=O) groups excluding carboxylic acids is 1. The van der Waals surface area contributed by atoms with Crippen LogP contribution in [0, 0.1) is 5.92 Å². The lowest BCUT2D eigenvalue weighted by Gasteiger charge is -2.27. The number of nitrogens with zero attached hydrogens (tertiary/aromatic N) is 1. The van der Waals surface area contributed by atoms with E-state index in [1.807, 2.05) is 24.3 Å². The predicted octanol–water partition coefficient (Wildman–Crippen LogP) is 1.91. The van der Waals surface area contributed by atoms with E-state index in [-0.39, 0.29) is 5.91 Å². The van der Waals surface area contributed by atoms with Crippen molar-refractivity contribution in [1.29, 1.82) is 0 Å². The average Bonchev–Trinajstić information content (AvgIpc) is 2.87. The number of hydrazine groups is 1. The summed E-state index contributed by atoms with van der Waals surface area (Å²) in [6.45, 7) is 6.72. The van der Waals surface area contributed by atoms with E-state index < -0.39 is 0 Å². The maximum Gasteiger partial charge on any atom is 0.265 e. The summed E-state index contributed by atoms with van der Waals surface area (Å²) in [4.78, 5) is 13.9. The molecular weight excluding hydrogens is 238 g/mol. The molecule has 0 saturated carbocycles. The molecule has 3 N–H and O–H groups in total. The Balaban J connectivity index is 2.01. The molecule has 1 aromatic carbocycles. The van der Waals surface area contributed by atoms with Gasteiger partial charge in [0.1, 0.15) is 0 Å². The zero-order chi connectivity index (χ0) is 13.8. The van der Waals surface area contributed by atoms with Gasteiger partial charge in [-0.2, -0.15) is 0 Å². The van der Waals surface area contributed by atoms with Gasteiger partial charge in [-0.1, -0.05) is 26.0 Å². The summed E-state index contributed by atoms with van der Waals surface area (Å²) in [6.07, 6.45) is 2.59. The molecule has 1 fully saturated rings. The van der Waals surface area contributed by atoms with E-state index in [0.29, 0.717) is 17.5 Å². The molecule has 19 heavy (non-hydrogen) atoms. The molecule has 4 heteroatoms. The summed E-state index contributed by atoms with van der Waals surface area (Å²) in [5, 5.41) is 0. The van der Waals surface area contributed by atoms with Crippen LogP contribution in [0.4, 0.5) is 0 Å². The van der Waals surface area contributed by atoms with E-state index in [1.54, 1.807) is 0 Å². The Hall–Kier alpha value is -1.39. The first-order valence-electron chi connectivity index (χ1n) is 6.95. The third-order valence-electron chi connectivity index (χ3n) is 3.92. The van der Waals surface area contributed by atoms with Crippen LogP contribution in [-0.2, 0) is 6.54 Å². The van der Waals surface area contributed by atoms with Gasteiger partial charge in [-0.25, -0.2) is 5.84 Å². The number of carbonyl (C=O) groups is 1. The molecule has 1 aliphatic rings. The molecule has 1 aromatic rings. The number of benzene rings is 1. The molecule has 1 saturated heterocycles. The topological polar surface area (TPSA) is 58.4 Å². The lowest BCUT2D eigenvalue weighted by molar-refractivity contribution is 0.0953. The summed E-state index contributed by atoms with van der Waals surface area (Å²) in [7, 11) is 0. The van der Waals surface area contributed by atoms with E-state index in [2.05, 4.69) is 24.2 Å². The lowest BCUT2D eigenvalue weighted by Crippen LogP contribution is -2.33. The van der Waals surface area contributed by atoms with Gasteiger partial charge in [0.2, 0.25) is 0 Å². The molecule has 0 aromatic heterocycles. The Bertz CT molecular complexity index is 428. The molecule has 1 amide bonds. The minimum absolute atomic E-state index is 0.243. The third kappa shape index (κ3) is 3.33. The number of nitrogens with two attached hydrogens (primary N) is 1. The second-order valence-corrected chi connectivity index (χ2v) is 5.59. The minimum Gasteiger partial charge on any atom is -0.296 e. The number of rotatable bonds is 4. The van der Waals surface area contributed by atoms with Crippen LogP contribution in [0.1, 0.15) is 42.6 Å². The Morgan fingerprint density at radius 2 is 2.11 bits per heavy atom. The molecule has 1 atom stereocenters. The number of likely N-dealkylation sites (tertiary alicyclic amines) is 1. The first-order chi connectivity index (χ1) is 9.11. The maximum absolute atomic E-state index is 11.4. The van der Waals surface area contributed by atoms with Crippen molar-refractivity contribution in [2.75, 3.05) is 6.54 Å². The van der Waals surface area contributed by atoms with Crippen LogP contribution < -0.4 is 11.3 Å². The quantitative estimate of drug-likeness (QED) is 0.494. The Labute approximate surface area is 114 Å². The van der Waals surface area contributed by atoms with Crippen molar-refractivity contribution < 1.29 is 4.79 Å². The van der Waals surface area contributed by atoms with Gasteiger partial charge in [-0.05, 0) is 43.0 Å². The van der Waals surface area contributed by atoms with Crippen molar-refractivity contribution in [3.05, 3.63) is 35.4 Å². The van der Waals surface area contributed by atoms with Gasteiger partial charge >= 0.3 is 0 Å². The Morgan fingerprint density at radius 3 is 2.68 bits per heavy atom. The number of amides is 1. The van der Waals surface area contributed by atoms with E-state index in [0.717, 1.165) is 6.54 Å². The molecule has 1 aliphatic heterocycles. The van der Waals surface area contributed by atoms with Gasteiger partial charge in [-0.15, -0.1) is 0 Å². The fraction of sp³-hybridized carbons (Fsp3) is 0.533. The van der Waals surface area contributed by atoms with E-state index in [9.17, 15) is 4.79 Å². The third-order valence-corrected chi connectivity index (χ3v) is 3.92. The average molecular weight is 261 g/mol. The Morgan fingerprint density at radius 1 is 1.42 bits per heavy atom. The highest BCUT2D eigenvalue weighted by Crippen LogP contribution is 2.25. The molecule has 1 unspecified atom stereocenters. The van der Waals surface area contributed by atoms with Gasteiger partial charge in [0.15, 0.2) is 0 Å². The highest BCUT2D eigenvalue weighted by atomic mass is 16.2. The fourth-order valence-electron chi connectivity index (χ4n) is 2.88. The molecule has 2 rings (SSSR count). The number of hydrogen-bond donors (Lipinski definition) is 2. The monoisotopic (exact) mass is 261 g/mol. The highest BCUT2D eigenvalue weighted by Gasteiger charge is 2.26. The molecule has 0 radical (unpaired) electrons. The molecule has 0 spiro atoms. The van der Waals surface area contributed by atoms with Crippen molar-refractivity contribution in [1.82, 2.24) is 10.3 Å². The first-order valence-corrected chi connectivity index (χ1v) is 6.95. The molecule has 104 valence electrons. The van der Waals surface area contributed by atoms with E-state index >= 15 is 0 Å². The van der Waals surface area contributed by atoms with Gasteiger partial charge < -0.3 is 0 Å². The lowest BCUT2D eigenvalue weighted by atomic mass is 10.0. The molecule has 4 nitrogen and oxygen atoms in total. The normalized spacial score (nSPS) is 19.9. The zero-order valence-corrected chi connectivity index (χ0v) is 11.7. The summed E-state index contributed by atoms with van der Waals surface area (Å²) < 4.78 is 0. The van der Waals surface area contributed by atoms with Crippen molar-refractivity contribution >= 4 is 5.91 Å². The molecule has 0 aliphatic carbocycles. The van der Waals surface area contributed by atoms with Crippen LogP contribution in [-0.4, -0.2) is 23.4 Å². The second kappa shape index (κ2) is 6.17. The standard InChI is InChI=1S/C15H23N3O/c1-11(2)14-4-3-9-18(14)10-12-5-7-13(8-6-12)15(19)17-16/h5-8,11,14H,3-4,9-10,16H2,1-2H3,(H,17,19). The summed E-state index contributed by atoms with van der Waals surface area (Å²) in [5.74, 6) is 5.57. The van der Waals surface area contributed by atoms with Crippen LogP contribution in [0.3, 0.4) is 0 Å². The summed E-state index contributed by atoms with van der Waals surface area (Å²) in [6, 6.07) is 8.38. The van der Waals surface area contributed by atoms with Crippen molar-refractivity contribution in [2.45, 2.75) is 39.3 Å². The second-order valence-electron chi connectivity index (χ2n) is 5.59. The van der Waals surface area contributed by atoms with Crippen LogP contribution >= 0.6 is 0 Å². The SMILES string of the molecule is CC(C)C1CCCN1Cc1ccc(C(=O)NN)cc1. The number of nitrogen functional groups attached to an aromatic ring is 1. The van der Waals surface area contributed by atoms with Gasteiger partial charge in [0.25, 0.3) is 5.91 Å². The van der Waals surface area contributed by atoms with Crippen LogP contribution in [0.5, 0.6) is 0 Å². The summed E-state index contributed by atoms with van der Waals surface area (Å²) in [5.41, 5.74) is 4.00. The molecular formula is C15H23N3O. The number of hydrogen-bond acceptors (Lipinski definition) is 3. The molecule has 1 heterocycles. The summed E-state index contributed by atoms with van der Waals surface area (Å²) >= 11 is 0. The van der Waals surface area contributed by atoms with E-state index in [4.69, 9.17) is 5.84 Å². The van der Waals surface area contributed by atoms with Gasteiger partial charge in [0, 0.05) is 18.2 Å².